The summed E-state index contributed by atoms with van der Waals surface area (Å²) in [6.07, 6.45) is 12.1. The molecular formula is C54H54N16O6. The van der Waals surface area contributed by atoms with Crippen molar-refractivity contribution in [2.75, 3.05) is 63.2 Å². The van der Waals surface area contributed by atoms with Crippen LogP contribution in [0.1, 0.15) is 48.9 Å². The van der Waals surface area contributed by atoms with E-state index in [9.17, 15) is 19.2 Å². The Balaban J connectivity index is 0.000000173. The van der Waals surface area contributed by atoms with Crippen molar-refractivity contribution in [2.45, 2.75) is 34.1 Å². The van der Waals surface area contributed by atoms with Crippen molar-refractivity contribution < 1.29 is 28.7 Å². The van der Waals surface area contributed by atoms with Gasteiger partial charge < -0.3 is 39.9 Å². The lowest BCUT2D eigenvalue weighted by Crippen LogP contribution is -2.41. The fourth-order valence-electron chi connectivity index (χ4n) is 8.71. The summed E-state index contributed by atoms with van der Waals surface area (Å²) in [5, 5.41) is 21.9. The normalized spacial score (nSPS) is 14.0. The number of morpholine rings is 2. The molecule has 11 rings (SSSR count). The van der Waals surface area contributed by atoms with Gasteiger partial charge >= 0.3 is 0 Å². The lowest BCUT2D eigenvalue weighted by Gasteiger charge is -2.27. The molecule has 0 radical (unpaired) electrons. The number of benzene rings is 1. The van der Waals surface area contributed by atoms with Crippen LogP contribution in [0.25, 0.3) is 84.0 Å². The highest BCUT2D eigenvalue weighted by molar-refractivity contribution is 6.19. The third kappa shape index (κ3) is 10.6. The van der Waals surface area contributed by atoms with Gasteiger partial charge in [0.25, 0.3) is 11.8 Å². The number of aromatic nitrogens is 12. The van der Waals surface area contributed by atoms with E-state index in [1.165, 1.54) is 0 Å². The molecule has 2 aliphatic heterocycles. The largest absolute Gasteiger partial charge is 0.378 e. The molecule has 386 valence electrons. The standard InChI is InChI=1S/C28H30N8O3.C26H24N8O3/c1-5-6-21(28(38)36-7-9-39-10-8-36)23-17(4)31-26(33-23)24-22-12-19(14-30-25(22)35-34-24)18-11-20(15-29-13-18)32-27(37)16(2)3;1-2-21(35)30-20-7-6-15(13-27-20)16-12-18-23(32-33-24(18)28-14-16)25-29-19-5-3-4-17(22(19)31-25)26(36)34-8-10-37-11-9-34/h5-6,11-16H,1,7-10H2,2-4H3,(H,31,33)(H,32,37)(H,30,34,35);3-7,12-14H,2,8-11H2,1H3,(H,29,31)(H,27,30,35)(H,28,32,33)/b21-6+;. The van der Waals surface area contributed by atoms with Gasteiger partial charge in [0, 0.05) is 91.3 Å². The number of imidazole rings is 2. The van der Waals surface area contributed by atoms with Gasteiger partial charge in [-0.2, -0.15) is 10.2 Å². The third-order valence-electron chi connectivity index (χ3n) is 12.8. The Morgan fingerprint density at radius 1 is 0.737 bits per heavy atom. The number of nitrogens with zero attached hydrogens (tertiary/aromatic N) is 10. The Hall–Kier alpha value is -9.28. The number of H-pyrrole nitrogens is 4. The second-order valence-electron chi connectivity index (χ2n) is 18.3. The van der Waals surface area contributed by atoms with Gasteiger partial charge in [-0.05, 0) is 55.5 Å². The fourth-order valence-corrected chi connectivity index (χ4v) is 8.71. The molecule has 1 aromatic carbocycles. The zero-order valence-electron chi connectivity index (χ0n) is 42.2. The van der Waals surface area contributed by atoms with Gasteiger partial charge in [-0.25, -0.2) is 24.9 Å². The zero-order valence-corrected chi connectivity index (χ0v) is 42.2. The summed E-state index contributed by atoms with van der Waals surface area (Å²) in [6.45, 7) is 15.4. The van der Waals surface area contributed by atoms with Crippen LogP contribution in [0, 0.1) is 12.8 Å². The van der Waals surface area contributed by atoms with Crippen LogP contribution in [0.3, 0.4) is 0 Å². The van der Waals surface area contributed by atoms with Crippen LogP contribution in [-0.4, -0.2) is 146 Å². The molecule has 9 aromatic rings. The Morgan fingerprint density at radius 3 is 2.00 bits per heavy atom. The Bertz CT molecular complexity index is 3670. The number of carbonyl (C=O) groups is 4. The van der Waals surface area contributed by atoms with Gasteiger partial charge in [-0.15, -0.1) is 0 Å². The number of hydrogen-bond acceptors (Lipinski definition) is 14. The number of hydrogen-bond donors (Lipinski definition) is 6. The molecule has 10 heterocycles. The minimum Gasteiger partial charge on any atom is -0.378 e. The lowest BCUT2D eigenvalue weighted by atomic mass is 10.1. The highest BCUT2D eigenvalue weighted by Gasteiger charge is 2.27. The molecule has 6 N–H and O–H groups in total. The topological polar surface area (TPSA) is 284 Å². The summed E-state index contributed by atoms with van der Waals surface area (Å²) in [7, 11) is 0. The van der Waals surface area contributed by atoms with Crippen molar-refractivity contribution in [3.63, 3.8) is 0 Å². The number of para-hydroxylation sites is 1. The molecule has 2 saturated heterocycles. The van der Waals surface area contributed by atoms with E-state index in [4.69, 9.17) is 19.4 Å². The van der Waals surface area contributed by atoms with E-state index in [0.717, 1.165) is 44.2 Å². The van der Waals surface area contributed by atoms with Gasteiger partial charge in [0.1, 0.15) is 22.7 Å². The predicted molar refractivity (Wildman–Crippen MR) is 286 cm³/mol. The van der Waals surface area contributed by atoms with Crippen molar-refractivity contribution in [3.05, 3.63) is 115 Å². The number of carbonyl (C=O) groups excluding carboxylic acids is 4. The molecule has 0 unspecified atom stereocenters. The average molecular weight is 1020 g/mol. The molecule has 2 fully saturated rings. The molecule has 0 atom stereocenters. The number of anilines is 2. The minimum atomic E-state index is -0.146. The molecule has 2 aliphatic rings. The van der Waals surface area contributed by atoms with Crippen molar-refractivity contribution >= 4 is 73.8 Å². The molecular weight excluding hydrogens is 969 g/mol. The maximum atomic E-state index is 13.3. The maximum Gasteiger partial charge on any atom is 0.256 e. The molecule has 22 nitrogen and oxygen atoms in total. The van der Waals surface area contributed by atoms with Gasteiger partial charge in [0.15, 0.2) is 22.9 Å². The predicted octanol–water partition coefficient (Wildman–Crippen LogP) is 7.13. The second kappa shape index (κ2) is 22.1. The molecule has 0 aliphatic carbocycles. The molecule has 8 aromatic heterocycles. The molecule has 22 heteroatoms. The lowest BCUT2D eigenvalue weighted by molar-refractivity contribution is -0.129. The number of allylic oxidation sites excluding steroid dienone is 2. The Kier molecular flexibility index (Phi) is 14.6. The van der Waals surface area contributed by atoms with Crippen molar-refractivity contribution in [2.24, 2.45) is 5.92 Å². The molecule has 4 amide bonds. The van der Waals surface area contributed by atoms with E-state index >= 15 is 0 Å². The number of rotatable bonds is 12. The van der Waals surface area contributed by atoms with Crippen molar-refractivity contribution in [3.8, 4) is 45.3 Å². The number of amides is 4. The van der Waals surface area contributed by atoms with Crippen LogP contribution in [0.5, 0.6) is 0 Å². The number of ether oxygens (including phenoxy) is 2. The average Bonchev–Trinajstić information content (AvgIpc) is 4.29. The highest BCUT2D eigenvalue weighted by atomic mass is 16.5. The van der Waals surface area contributed by atoms with Crippen LogP contribution in [-0.2, 0) is 23.9 Å². The van der Waals surface area contributed by atoms with Crippen LogP contribution in [0.2, 0.25) is 0 Å². The first-order valence-corrected chi connectivity index (χ1v) is 24.8. The Labute approximate surface area is 434 Å². The van der Waals surface area contributed by atoms with Crippen molar-refractivity contribution in [1.82, 2.24) is 70.1 Å². The first-order valence-electron chi connectivity index (χ1n) is 24.8. The highest BCUT2D eigenvalue weighted by Crippen LogP contribution is 2.33. The number of aromatic amines is 4. The first kappa shape index (κ1) is 50.3. The summed E-state index contributed by atoms with van der Waals surface area (Å²) in [6, 6.07) is 15.0. The smallest absolute Gasteiger partial charge is 0.256 e. The van der Waals surface area contributed by atoms with Gasteiger partial charge in [0.05, 0.1) is 71.4 Å². The monoisotopic (exact) mass is 1020 g/mol. The quantitative estimate of drug-likeness (QED) is 0.0525. The molecule has 0 spiro atoms. The SMILES string of the molecule is C=C/C=C(/C(=O)N1CCOCC1)c1nc(-c2[nH]nc3ncc(-c4cncc(NC(=O)C(C)C)c4)cc23)[nH]c1C.CCC(=O)Nc1ccc(-c2cnc3n[nH]c(-c4nc5c(C(=O)N6CCOCC6)cccc5[nH]4)c3c2)cn1. The zero-order chi connectivity index (χ0) is 52.9. The van der Waals surface area contributed by atoms with Crippen LogP contribution in [0.4, 0.5) is 11.5 Å². The second-order valence-corrected chi connectivity index (χ2v) is 18.3. The van der Waals surface area contributed by atoms with Gasteiger partial charge in [-0.1, -0.05) is 39.5 Å². The summed E-state index contributed by atoms with van der Waals surface area (Å²) < 4.78 is 10.8. The van der Waals surface area contributed by atoms with E-state index in [0.29, 0.717) is 127 Å². The minimum absolute atomic E-state index is 0.0588. The van der Waals surface area contributed by atoms with Crippen molar-refractivity contribution in [1.29, 1.82) is 0 Å². The number of aryl methyl sites for hydroxylation is 1. The van der Waals surface area contributed by atoms with Gasteiger partial charge in [0.2, 0.25) is 11.8 Å². The number of fused-ring (bicyclic) bond motifs is 3. The Morgan fingerprint density at radius 2 is 1.37 bits per heavy atom. The maximum absolute atomic E-state index is 13.3. The van der Waals surface area contributed by atoms with Crippen LogP contribution >= 0.6 is 0 Å². The fraction of sp³-hybridized carbons (Fsp3) is 0.259. The summed E-state index contributed by atoms with van der Waals surface area (Å²) >= 11 is 0. The molecule has 0 saturated carbocycles. The van der Waals surface area contributed by atoms with Crippen LogP contribution in [0.15, 0.2) is 98.2 Å². The van der Waals surface area contributed by atoms with E-state index in [1.54, 1.807) is 72.0 Å². The molecule has 0 bridgehead atoms. The van der Waals surface area contributed by atoms with Gasteiger partial charge in [-0.3, -0.25) is 34.4 Å². The van der Waals surface area contributed by atoms with E-state index in [1.807, 2.05) is 57.2 Å². The van der Waals surface area contributed by atoms with E-state index in [-0.39, 0.29) is 29.5 Å². The molecule has 76 heavy (non-hydrogen) atoms. The third-order valence-corrected chi connectivity index (χ3v) is 12.8. The number of pyridine rings is 4. The first-order chi connectivity index (χ1) is 37.0. The van der Waals surface area contributed by atoms with Crippen LogP contribution < -0.4 is 10.6 Å². The van der Waals surface area contributed by atoms with E-state index in [2.05, 4.69) is 67.5 Å². The van der Waals surface area contributed by atoms with E-state index < -0.39 is 0 Å². The summed E-state index contributed by atoms with van der Waals surface area (Å²) in [5.41, 5.74) is 9.93. The summed E-state index contributed by atoms with van der Waals surface area (Å²) in [5.74, 6) is 1.10. The number of nitrogens with one attached hydrogen (secondary N) is 6. The summed E-state index contributed by atoms with van der Waals surface area (Å²) in [4.78, 5) is 87.6.